The number of carboxylic acids is 1. The molecule has 1 aliphatic carbocycles. The summed E-state index contributed by atoms with van der Waals surface area (Å²) < 4.78 is 2.96. The SMILES string of the molecule is CCc1nn(C)c(CC2CC(C)CCC2C(=O)O)c1Br. The molecule has 1 aliphatic rings. The van der Waals surface area contributed by atoms with Crippen molar-refractivity contribution >= 4 is 21.9 Å². The monoisotopic (exact) mass is 342 g/mol. The van der Waals surface area contributed by atoms with Gasteiger partial charge in [0.2, 0.25) is 0 Å². The number of rotatable bonds is 4. The lowest BCUT2D eigenvalue weighted by Crippen LogP contribution is -2.31. The maximum absolute atomic E-state index is 11.5. The zero-order chi connectivity index (χ0) is 14.9. The zero-order valence-corrected chi connectivity index (χ0v) is 14.0. The lowest BCUT2D eigenvalue weighted by molar-refractivity contribution is -0.145. The number of hydrogen-bond donors (Lipinski definition) is 1. The van der Waals surface area contributed by atoms with Crippen LogP contribution < -0.4 is 0 Å². The van der Waals surface area contributed by atoms with E-state index in [4.69, 9.17) is 0 Å². The maximum Gasteiger partial charge on any atom is 0.306 e. The third-order valence-electron chi connectivity index (χ3n) is 4.52. The standard InChI is InChI=1S/C15H23BrN2O2/c1-4-12-14(16)13(18(3)17-12)8-10-7-9(2)5-6-11(10)15(19)20/h9-11H,4-8H2,1-3H3,(H,19,20). The molecule has 0 bridgehead atoms. The van der Waals surface area contributed by atoms with Gasteiger partial charge in [0.25, 0.3) is 0 Å². The van der Waals surface area contributed by atoms with Gasteiger partial charge in [-0.25, -0.2) is 0 Å². The predicted octanol–water partition coefficient (Wildman–Crippen LogP) is 3.42. The van der Waals surface area contributed by atoms with Gasteiger partial charge in [0.1, 0.15) is 0 Å². The lowest BCUT2D eigenvalue weighted by Gasteiger charge is -2.32. The molecule has 1 fully saturated rings. The Morgan fingerprint density at radius 2 is 2.20 bits per heavy atom. The highest BCUT2D eigenvalue weighted by atomic mass is 79.9. The van der Waals surface area contributed by atoms with Crippen molar-refractivity contribution in [1.82, 2.24) is 9.78 Å². The number of carboxylic acid groups (broad SMARTS) is 1. The molecule has 0 aliphatic heterocycles. The van der Waals surface area contributed by atoms with Gasteiger partial charge >= 0.3 is 5.97 Å². The summed E-state index contributed by atoms with van der Waals surface area (Å²) in [6.07, 6.45) is 4.51. The zero-order valence-electron chi connectivity index (χ0n) is 12.4. The molecular weight excluding hydrogens is 320 g/mol. The van der Waals surface area contributed by atoms with Crippen molar-refractivity contribution < 1.29 is 9.90 Å². The summed E-state index contributed by atoms with van der Waals surface area (Å²) in [5.41, 5.74) is 2.19. The molecule has 0 aromatic carbocycles. The molecule has 5 heteroatoms. The van der Waals surface area contributed by atoms with Crippen LogP contribution in [0.2, 0.25) is 0 Å². The molecular formula is C15H23BrN2O2. The largest absolute Gasteiger partial charge is 0.481 e. The van der Waals surface area contributed by atoms with Gasteiger partial charge < -0.3 is 5.11 Å². The second kappa shape index (κ2) is 6.29. The molecule has 0 spiro atoms. The van der Waals surface area contributed by atoms with Gasteiger partial charge in [-0.3, -0.25) is 9.48 Å². The minimum atomic E-state index is -0.643. The Bertz CT molecular complexity index is 498. The minimum absolute atomic E-state index is 0.210. The van der Waals surface area contributed by atoms with Gasteiger partial charge in [-0.1, -0.05) is 13.8 Å². The Morgan fingerprint density at radius 3 is 2.75 bits per heavy atom. The van der Waals surface area contributed by atoms with Crippen molar-refractivity contribution in [2.24, 2.45) is 24.8 Å². The van der Waals surface area contributed by atoms with E-state index in [0.29, 0.717) is 5.92 Å². The normalized spacial score (nSPS) is 26.7. The fourth-order valence-electron chi connectivity index (χ4n) is 3.34. The number of halogens is 1. The molecule has 1 N–H and O–H groups in total. The van der Waals surface area contributed by atoms with Crippen LogP contribution >= 0.6 is 15.9 Å². The highest BCUT2D eigenvalue weighted by Gasteiger charge is 2.34. The molecule has 1 aromatic rings. The van der Waals surface area contributed by atoms with E-state index in [2.05, 4.69) is 34.9 Å². The van der Waals surface area contributed by atoms with Gasteiger partial charge in [0, 0.05) is 7.05 Å². The van der Waals surface area contributed by atoms with Crippen molar-refractivity contribution in [2.45, 2.75) is 46.0 Å². The third kappa shape index (κ3) is 3.08. The first-order chi connectivity index (χ1) is 9.43. The van der Waals surface area contributed by atoms with Crippen molar-refractivity contribution in [3.8, 4) is 0 Å². The molecule has 1 aromatic heterocycles. The van der Waals surface area contributed by atoms with Gasteiger partial charge in [-0.2, -0.15) is 5.10 Å². The van der Waals surface area contributed by atoms with Crippen LogP contribution in [-0.2, 0) is 24.7 Å². The molecule has 3 atom stereocenters. The Kier molecular flexibility index (Phi) is 4.89. The van der Waals surface area contributed by atoms with Crippen molar-refractivity contribution in [3.63, 3.8) is 0 Å². The number of hydrogen-bond acceptors (Lipinski definition) is 2. The summed E-state index contributed by atoms with van der Waals surface area (Å²) in [6, 6.07) is 0. The van der Waals surface area contributed by atoms with Crippen LogP contribution in [0.5, 0.6) is 0 Å². The summed E-state index contributed by atoms with van der Waals surface area (Å²) >= 11 is 3.63. The number of aliphatic carboxylic acids is 1. The highest BCUT2D eigenvalue weighted by molar-refractivity contribution is 9.10. The molecule has 0 saturated heterocycles. The van der Waals surface area contributed by atoms with E-state index in [1.807, 2.05) is 11.7 Å². The molecule has 0 radical (unpaired) electrons. The summed E-state index contributed by atoms with van der Waals surface area (Å²) in [6.45, 7) is 4.31. The Balaban J connectivity index is 2.22. The molecule has 3 unspecified atom stereocenters. The summed E-state index contributed by atoms with van der Waals surface area (Å²) in [4.78, 5) is 11.5. The predicted molar refractivity (Wildman–Crippen MR) is 81.6 cm³/mol. The second-order valence-electron chi connectivity index (χ2n) is 6.01. The first-order valence-corrected chi connectivity index (χ1v) is 8.16. The number of aromatic nitrogens is 2. The summed E-state index contributed by atoms with van der Waals surface area (Å²) in [5.74, 6) is -0.0186. The fraction of sp³-hybridized carbons (Fsp3) is 0.733. The van der Waals surface area contributed by atoms with Crippen molar-refractivity contribution in [1.29, 1.82) is 0 Å². The molecule has 0 amide bonds. The highest BCUT2D eigenvalue weighted by Crippen LogP contribution is 2.37. The molecule has 20 heavy (non-hydrogen) atoms. The summed E-state index contributed by atoms with van der Waals surface area (Å²) in [7, 11) is 1.95. The van der Waals surface area contributed by atoms with E-state index in [1.54, 1.807) is 0 Å². The smallest absolute Gasteiger partial charge is 0.306 e. The lowest BCUT2D eigenvalue weighted by atomic mass is 9.73. The molecule has 1 heterocycles. The van der Waals surface area contributed by atoms with Crippen molar-refractivity contribution in [2.75, 3.05) is 0 Å². The molecule has 1 saturated carbocycles. The number of aryl methyl sites for hydroxylation is 2. The first-order valence-electron chi connectivity index (χ1n) is 7.37. The van der Waals surface area contributed by atoms with Crippen LogP contribution in [0.3, 0.4) is 0 Å². The van der Waals surface area contributed by atoms with E-state index in [1.165, 1.54) is 0 Å². The Labute approximate surface area is 128 Å². The van der Waals surface area contributed by atoms with E-state index in [0.717, 1.165) is 48.0 Å². The van der Waals surface area contributed by atoms with Gasteiger partial charge in [0.15, 0.2) is 0 Å². The number of nitrogens with zero attached hydrogens (tertiary/aromatic N) is 2. The van der Waals surface area contributed by atoms with Crippen molar-refractivity contribution in [3.05, 3.63) is 15.9 Å². The number of carbonyl (C=O) groups is 1. The third-order valence-corrected chi connectivity index (χ3v) is 5.44. The molecule has 112 valence electrons. The van der Waals surface area contributed by atoms with E-state index in [-0.39, 0.29) is 11.8 Å². The molecule has 4 nitrogen and oxygen atoms in total. The van der Waals surface area contributed by atoms with E-state index >= 15 is 0 Å². The van der Waals surface area contributed by atoms with E-state index < -0.39 is 5.97 Å². The Hall–Kier alpha value is -0.840. The van der Waals surface area contributed by atoms with Crippen LogP contribution in [0.25, 0.3) is 0 Å². The average Bonchev–Trinajstić information content (AvgIpc) is 2.66. The topological polar surface area (TPSA) is 55.1 Å². The fourth-order valence-corrected chi connectivity index (χ4v) is 4.12. The van der Waals surface area contributed by atoms with Gasteiger partial charge in [-0.05, 0) is 59.9 Å². The average molecular weight is 343 g/mol. The van der Waals surface area contributed by atoms with Crippen LogP contribution in [0, 0.1) is 17.8 Å². The first kappa shape index (κ1) is 15.5. The Morgan fingerprint density at radius 1 is 1.50 bits per heavy atom. The molecule has 2 rings (SSSR count). The minimum Gasteiger partial charge on any atom is -0.481 e. The van der Waals surface area contributed by atoms with Crippen LogP contribution in [-0.4, -0.2) is 20.9 Å². The van der Waals surface area contributed by atoms with Crippen LogP contribution in [0.4, 0.5) is 0 Å². The second-order valence-corrected chi connectivity index (χ2v) is 6.80. The quantitative estimate of drug-likeness (QED) is 0.911. The summed E-state index contributed by atoms with van der Waals surface area (Å²) in [5, 5.41) is 13.9. The van der Waals surface area contributed by atoms with E-state index in [9.17, 15) is 9.90 Å². The maximum atomic E-state index is 11.5. The van der Waals surface area contributed by atoms with Crippen LogP contribution in [0.15, 0.2) is 4.47 Å². The van der Waals surface area contributed by atoms with Gasteiger partial charge in [0.05, 0.1) is 21.8 Å². The van der Waals surface area contributed by atoms with Crippen LogP contribution in [0.1, 0.15) is 44.5 Å². The van der Waals surface area contributed by atoms with Gasteiger partial charge in [-0.15, -0.1) is 0 Å².